The number of carbonyl (C=O) groups is 1. The van der Waals surface area contributed by atoms with Crippen molar-refractivity contribution in [3.63, 3.8) is 0 Å². The minimum absolute atomic E-state index is 0.231. The predicted molar refractivity (Wildman–Crippen MR) is 54.9 cm³/mol. The molecule has 1 atom stereocenters. The Morgan fingerprint density at radius 2 is 2.15 bits per heavy atom. The molecule has 1 saturated carbocycles. The molecular formula is C10H18ClNO. The molecule has 1 aliphatic rings. The van der Waals surface area contributed by atoms with Crippen LogP contribution in [0.15, 0.2) is 0 Å². The Balaban J connectivity index is 2.16. The highest BCUT2D eigenvalue weighted by Gasteiger charge is 2.22. The molecule has 0 bridgehead atoms. The SMILES string of the molecule is CC(CCl)CNC(=O)C1CCCC1. The van der Waals surface area contributed by atoms with Crippen molar-refractivity contribution in [2.75, 3.05) is 12.4 Å². The van der Waals surface area contributed by atoms with E-state index < -0.39 is 0 Å². The van der Waals surface area contributed by atoms with Gasteiger partial charge in [-0.25, -0.2) is 0 Å². The molecule has 1 amide bonds. The zero-order chi connectivity index (χ0) is 9.68. The Hall–Kier alpha value is -0.240. The van der Waals surface area contributed by atoms with Crippen molar-refractivity contribution in [3.05, 3.63) is 0 Å². The van der Waals surface area contributed by atoms with E-state index in [0.717, 1.165) is 19.4 Å². The fourth-order valence-corrected chi connectivity index (χ4v) is 1.77. The first-order chi connectivity index (χ1) is 6.24. The molecule has 1 fully saturated rings. The Morgan fingerprint density at radius 3 is 2.69 bits per heavy atom. The third kappa shape index (κ3) is 3.55. The lowest BCUT2D eigenvalue weighted by Crippen LogP contribution is -2.33. The standard InChI is InChI=1S/C10H18ClNO/c1-8(6-11)7-12-10(13)9-4-2-3-5-9/h8-9H,2-7H2,1H3,(H,12,13). The number of nitrogens with one attached hydrogen (secondary N) is 1. The second kappa shape index (κ2) is 5.48. The number of rotatable bonds is 4. The summed E-state index contributed by atoms with van der Waals surface area (Å²) in [6.07, 6.45) is 4.56. The first kappa shape index (κ1) is 10.8. The van der Waals surface area contributed by atoms with Gasteiger partial charge in [0.1, 0.15) is 0 Å². The fourth-order valence-electron chi connectivity index (χ4n) is 1.66. The Bertz CT molecular complexity index is 166. The maximum Gasteiger partial charge on any atom is 0.223 e. The molecule has 2 nitrogen and oxygen atoms in total. The van der Waals surface area contributed by atoms with E-state index in [0.29, 0.717) is 11.8 Å². The molecule has 1 aliphatic carbocycles. The van der Waals surface area contributed by atoms with Gasteiger partial charge in [-0.3, -0.25) is 4.79 Å². The van der Waals surface area contributed by atoms with Crippen LogP contribution in [-0.4, -0.2) is 18.3 Å². The summed E-state index contributed by atoms with van der Waals surface area (Å²) in [7, 11) is 0. The van der Waals surface area contributed by atoms with Gasteiger partial charge in [0.15, 0.2) is 0 Å². The number of alkyl halides is 1. The fraction of sp³-hybridized carbons (Fsp3) is 0.900. The molecule has 0 aromatic carbocycles. The van der Waals surface area contributed by atoms with Crippen molar-refractivity contribution >= 4 is 17.5 Å². The van der Waals surface area contributed by atoms with Crippen molar-refractivity contribution < 1.29 is 4.79 Å². The van der Waals surface area contributed by atoms with Gasteiger partial charge in [0.25, 0.3) is 0 Å². The summed E-state index contributed by atoms with van der Waals surface area (Å²) in [5.41, 5.74) is 0. The molecule has 0 spiro atoms. The zero-order valence-electron chi connectivity index (χ0n) is 8.18. The van der Waals surface area contributed by atoms with E-state index >= 15 is 0 Å². The summed E-state index contributed by atoms with van der Waals surface area (Å²) in [5, 5.41) is 2.95. The third-order valence-electron chi connectivity index (χ3n) is 2.61. The van der Waals surface area contributed by atoms with Crippen LogP contribution < -0.4 is 5.32 Å². The Labute approximate surface area is 85.0 Å². The molecule has 1 rings (SSSR count). The van der Waals surface area contributed by atoms with Crippen molar-refractivity contribution in [3.8, 4) is 0 Å². The Kier molecular flexibility index (Phi) is 4.57. The van der Waals surface area contributed by atoms with E-state index in [-0.39, 0.29) is 11.8 Å². The lowest BCUT2D eigenvalue weighted by molar-refractivity contribution is -0.124. The zero-order valence-corrected chi connectivity index (χ0v) is 8.94. The van der Waals surface area contributed by atoms with E-state index in [1.165, 1.54) is 12.8 Å². The molecule has 0 aliphatic heterocycles. The molecule has 1 unspecified atom stereocenters. The van der Waals surface area contributed by atoms with Crippen molar-refractivity contribution in [1.29, 1.82) is 0 Å². The van der Waals surface area contributed by atoms with Crippen molar-refractivity contribution in [2.45, 2.75) is 32.6 Å². The van der Waals surface area contributed by atoms with E-state index in [1.54, 1.807) is 0 Å². The molecule has 0 heterocycles. The molecule has 0 aromatic heterocycles. The van der Waals surface area contributed by atoms with Gasteiger partial charge in [-0.05, 0) is 18.8 Å². The van der Waals surface area contributed by atoms with Gasteiger partial charge in [0, 0.05) is 18.3 Å². The summed E-state index contributed by atoms with van der Waals surface area (Å²) in [5.74, 6) is 1.51. The quantitative estimate of drug-likeness (QED) is 0.698. The average molecular weight is 204 g/mol. The highest BCUT2D eigenvalue weighted by atomic mass is 35.5. The lowest BCUT2D eigenvalue weighted by atomic mass is 10.1. The number of amides is 1. The molecular weight excluding hydrogens is 186 g/mol. The smallest absolute Gasteiger partial charge is 0.223 e. The number of carbonyl (C=O) groups excluding carboxylic acids is 1. The van der Waals surface area contributed by atoms with E-state index in [4.69, 9.17) is 11.6 Å². The summed E-state index contributed by atoms with van der Waals surface area (Å²) in [6.45, 7) is 2.76. The van der Waals surface area contributed by atoms with Gasteiger partial charge in [-0.1, -0.05) is 19.8 Å². The summed E-state index contributed by atoms with van der Waals surface area (Å²) in [4.78, 5) is 11.5. The van der Waals surface area contributed by atoms with Crippen molar-refractivity contribution in [1.82, 2.24) is 5.32 Å². The van der Waals surface area contributed by atoms with Crippen LogP contribution in [0.4, 0.5) is 0 Å². The maximum absolute atomic E-state index is 11.5. The molecule has 13 heavy (non-hydrogen) atoms. The number of hydrogen-bond donors (Lipinski definition) is 1. The van der Waals surface area contributed by atoms with Crippen LogP contribution in [-0.2, 0) is 4.79 Å². The molecule has 0 aromatic rings. The van der Waals surface area contributed by atoms with Crippen LogP contribution in [0.3, 0.4) is 0 Å². The first-order valence-electron chi connectivity index (χ1n) is 5.07. The number of hydrogen-bond acceptors (Lipinski definition) is 1. The third-order valence-corrected chi connectivity index (χ3v) is 3.14. The molecule has 76 valence electrons. The van der Waals surface area contributed by atoms with Gasteiger partial charge in [-0.15, -0.1) is 11.6 Å². The lowest BCUT2D eigenvalue weighted by Gasteiger charge is -2.12. The summed E-state index contributed by atoms with van der Waals surface area (Å²) < 4.78 is 0. The van der Waals surface area contributed by atoms with Crippen LogP contribution in [0.5, 0.6) is 0 Å². The van der Waals surface area contributed by atoms with E-state index in [2.05, 4.69) is 5.32 Å². The van der Waals surface area contributed by atoms with Gasteiger partial charge >= 0.3 is 0 Å². The van der Waals surface area contributed by atoms with E-state index in [9.17, 15) is 4.79 Å². The second-order valence-electron chi connectivity index (χ2n) is 3.99. The van der Waals surface area contributed by atoms with E-state index in [1.807, 2.05) is 6.92 Å². The van der Waals surface area contributed by atoms with Crippen LogP contribution in [0.25, 0.3) is 0 Å². The van der Waals surface area contributed by atoms with Crippen LogP contribution in [0.2, 0.25) is 0 Å². The summed E-state index contributed by atoms with van der Waals surface area (Å²) >= 11 is 5.64. The average Bonchev–Trinajstić information content (AvgIpc) is 2.66. The van der Waals surface area contributed by atoms with Crippen LogP contribution in [0, 0.1) is 11.8 Å². The minimum atomic E-state index is 0.231. The minimum Gasteiger partial charge on any atom is -0.356 e. The van der Waals surface area contributed by atoms with Crippen molar-refractivity contribution in [2.24, 2.45) is 11.8 Å². The van der Waals surface area contributed by atoms with Gasteiger partial charge in [0.05, 0.1) is 0 Å². The highest BCUT2D eigenvalue weighted by Crippen LogP contribution is 2.24. The predicted octanol–water partition coefficient (Wildman–Crippen LogP) is 2.17. The Morgan fingerprint density at radius 1 is 1.54 bits per heavy atom. The van der Waals surface area contributed by atoms with Crippen LogP contribution >= 0.6 is 11.6 Å². The highest BCUT2D eigenvalue weighted by molar-refractivity contribution is 6.18. The first-order valence-corrected chi connectivity index (χ1v) is 5.61. The second-order valence-corrected chi connectivity index (χ2v) is 4.29. The summed E-state index contributed by atoms with van der Waals surface area (Å²) in [6, 6.07) is 0. The van der Waals surface area contributed by atoms with Gasteiger partial charge < -0.3 is 5.32 Å². The molecule has 0 radical (unpaired) electrons. The normalized spacial score (nSPS) is 20.2. The van der Waals surface area contributed by atoms with Gasteiger partial charge in [0.2, 0.25) is 5.91 Å². The molecule has 3 heteroatoms. The monoisotopic (exact) mass is 203 g/mol. The molecule has 0 saturated heterocycles. The molecule has 1 N–H and O–H groups in total. The number of halogens is 1. The van der Waals surface area contributed by atoms with Crippen LogP contribution in [0.1, 0.15) is 32.6 Å². The van der Waals surface area contributed by atoms with Gasteiger partial charge in [-0.2, -0.15) is 0 Å². The largest absolute Gasteiger partial charge is 0.356 e. The maximum atomic E-state index is 11.5. The topological polar surface area (TPSA) is 29.1 Å².